The molecule has 2 amide bonds. The first-order valence-electron chi connectivity index (χ1n) is 6.41. The fourth-order valence-corrected chi connectivity index (χ4v) is 1.91. The summed E-state index contributed by atoms with van der Waals surface area (Å²) in [5.41, 5.74) is 1.55. The lowest BCUT2D eigenvalue weighted by Gasteiger charge is -2.28. The third-order valence-electron chi connectivity index (χ3n) is 2.78. The van der Waals surface area contributed by atoms with Crippen LogP contribution in [-0.2, 0) is 9.59 Å². The molecule has 0 atom stereocenters. The van der Waals surface area contributed by atoms with Gasteiger partial charge in [-0.25, -0.2) is 4.79 Å². The molecule has 0 bridgehead atoms. The molecule has 7 nitrogen and oxygen atoms in total. The average Bonchev–Trinajstić information content (AvgIpc) is 2.37. The first kappa shape index (κ1) is 16.5. The average molecular weight is 294 g/mol. The Morgan fingerprint density at radius 2 is 1.67 bits per heavy atom. The molecule has 0 fully saturated rings. The molecule has 0 saturated carbocycles. The zero-order valence-electron chi connectivity index (χ0n) is 11.9. The van der Waals surface area contributed by atoms with Crippen LogP contribution < -0.4 is 4.90 Å². The van der Waals surface area contributed by atoms with E-state index in [0.717, 1.165) is 10.5 Å². The monoisotopic (exact) mass is 294 g/mol. The minimum Gasteiger partial charge on any atom is -0.480 e. The van der Waals surface area contributed by atoms with E-state index in [4.69, 9.17) is 10.2 Å². The number of carbonyl (C=O) groups is 3. The maximum absolute atomic E-state index is 12.4. The Morgan fingerprint density at radius 1 is 1.10 bits per heavy atom. The largest absolute Gasteiger partial charge is 0.480 e. The number of anilines is 1. The van der Waals surface area contributed by atoms with Crippen molar-refractivity contribution in [1.29, 1.82) is 0 Å². The Bertz CT molecular complexity index is 528. The van der Waals surface area contributed by atoms with E-state index in [1.54, 1.807) is 25.1 Å². The van der Waals surface area contributed by atoms with Crippen LogP contribution in [0.25, 0.3) is 0 Å². The number of nitrogens with zero attached hydrogens (tertiary/aromatic N) is 2. The highest BCUT2D eigenvalue weighted by Crippen LogP contribution is 2.17. The number of hydrogen-bond donors (Lipinski definition) is 2. The number of aryl methyl sites for hydroxylation is 1. The van der Waals surface area contributed by atoms with Gasteiger partial charge in [0, 0.05) is 12.2 Å². The van der Waals surface area contributed by atoms with Crippen LogP contribution in [0.15, 0.2) is 24.3 Å². The zero-order chi connectivity index (χ0) is 16.0. The molecule has 1 aromatic carbocycles. The van der Waals surface area contributed by atoms with E-state index in [0.29, 0.717) is 12.2 Å². The second kappa shape index (κ2) is 7.28. The molecule has 2 N–H and O–H groups in total. The van der Waals surface area contributed by atoms with Crippen LogP contribution in [0.4, 0.5) is 10.5 Å². The fraction of sp³-hybridized carbons (Fsp3) is 0.357. The van der Waals surface area contributed by atoms with Gasteiger partial charge in [0.25, 0.3) is 0 Å². The summed E-state index contributed by atoms with van der Waals surface area (Å²) in [7, 11) is 0. The molecule has 0 heterocycles. The molecular formula is C14H18N2O5. The van der Waals surface area contributed by atoms with Gasteiger partial charge in [0.15, 0.2) is 0 Å². The third-order valence-corrected chi connectivity index (χ3v) is 2.78. The molecule has 114 valence electrons. The van der Waals surface area contributed by atoms with Crippen molar-refractivity contribution in [3.8, 4) is 0 Å². The Balaban J connectivity index is 3.02. The molecule has 0 spiro atoms. The predicted molar refractivity (Wildman–Crippen MR) is 76.4 cm³/mol. The minimum atomic E-state index is -1.26. The fourth-order valence-electron chi connectivity index (χ4n) is 1.91. The number of carboxylic acids is 2. The van der Waals surface area contributed by atoms with Crippen LogP contribution in [-0.4, -0.2) is 52.7 Å². The van der Waals surface area contributed by atoms with Crippen LogP contribution in [0.5, 0.6) is 0 Å². The van der Waals surface area contributed by atoms with Gasteiger partial charge in [-0.2, -0.15) is 0 Å². The smallest absolute Gasteiger partial charge is 0.325 e. The van der Waals surface area contributed by atoms with E-state index < -0.39 is 31.1 Å². The Hall–Kier alpha value is -2.57. The summed E-state index contributed by atoms with van der Waals surface area (Å²) in [5.74, 6) is -2.52. The lowest BCUT2D eigenvalue weighted by atomic mass is 10.2. The first-order valence-corrected chi connectivity index (χ1v) is 6.41. The molecule has 0 aliphatic carbocycles. The van der Waals surface area contributed by atoms with Crippen molar-refractivity contribution in [2.45, 2.75) is 13.8 Å². The third kappa shape index (κ3) is 4.79. The van der Waals surface area contributed by atoms with E-state index >= 15 is 0 Å². The number of carbonyl (C=O) groups excluding carboxylic acids is 1. The van der Waals surface area contributed by atoms with E-state index in [2.05, 4.69) is 0 Å². The number of carboxylic acid groups (broad SMARTS) is 2. The summed E-state index contributed by atoms with van der Waals surface area (Å²) in [5, 5.41) is 17.6. The Morgan fingerprint density at radius 3 is 2.10 bits per heavy atom. The van der Waals surface area contributed by atoms with Gasteiger partial charge in [-0.15, -0.1) is 0 Å². The molecule has 1 aromatic rings. The number of benzene rings is 1. The van der Waals surface area contributed by atoms with Gasteiger partial charge >= 0.3 is 18.0 Å². The van der Waals surface area contributed by atoms with Gasteiger partial charge in [0.1, 0.15) is 13.1 Å². The van der Waals surface area contributed by atoms with Crippen molar-refractivity contribution < 1.29 is 24.6 Å². The molecule has 0 aliphatic rings. The van der Waals surface area contributed by atoms with Crippen LogP contribution in [0, 0.1) is 6.92 Å². The zero-order valence-corrected chi connectivity index (χ0v) is 11.9. The molecular weight excluding hydrogens is 276 g/mol. The summed E-state index contributed by atoms with van der Waals surface area (Å²) in [6, 6.07) is 6.50. The summed E-state index contributed by atoms with van der Waals surface area (Å²) in [6.45, 7) is 2.59. The molecule has 0 radical (unpaired) electrons. The Kier molecular flexibility index (Phi) is 5.71. The van der Waals surface area contributed by atoms with Crippen molar-refractivity contribution >= 4 is 23.7 Å². The molecule has 0 aliphatic heterocycles. The lowest BCUT2D eigenvalue weighted by molar-refractivity contribution is -0.140. The Labute approximate surface area is 122 Å². The summed E-state index contributed by atoms with van der Waals surface area (Å²) < 4.78 is 0. The van der Waals surface area contributed by atoms with E-state index in [9.17, 15) is 14.4 Å². The molecule has 1 rings (SSSR count). The summed E-state index contributed by atoms with van der Waals surface area (Å²) in [6.07, 6.45) is 0. The summed E-state index contributed by atoms with van der Waals surface area (Å²) in [4.78, 5) is 36.1. The van der Waals surface area contributed by atoms with Crippen molar-refractivity contribution in [3.05, 3.63) is 29.8 Å². The van der Waals surface area contributed by atoms with E-state index in [1.807, 2.05) is 13.0 Å². The van der Waals surface area contributed by atoms with Crippen molar-refractivity contribution in [3.63, 3.8) is 0 Å². The number of rotatable bonds is 6. The van der Waals surface area contributed by atoms with Crippen molar-refractivity contribution in [1.82, 2.24) is 4.90 Å². The second-order valence-electron chi connectivity index (χ2n) is 4.51. The molecule has 0 unspecified atom stereocenters. The molecule has 7 heteroatoms. The molecule has 21 heavy (non-hydrogen) atoms. The highest BCUT2D eigenvalue weighted by Gasteiger charge is 2.25. The molecule has 0 aromatic heterocycles. The number of aliphatic carboxylic acids is 2. The van der Waals surface area contributed by atoms with Crippen LogP contribution in [0.3, 0.4) is 0 Å². The van der Waals surface area contributed by atoms with Gasteiger partial charge in [-0.3, -0.25) is 14.5 Å². The predicted octanol–water partition coefficient (Wildman–Crippen LogP) is 1.41. The maximum Gasteiger partial charge on any atom is 0.325 e. The van der Waals surface area contributed by atoms with Crippen molar-refractivity contribution in [2.24, 2.45) is 0 Å². The van der Waals surface area contributed by atoms with Gasteiger partial charge in [-0.1, -0.05) is 12.1 Å². The highest BCUT2D eigenvalue weighted by atomic mass is 16.4. The van der Waals surface area contributed by atoms with E-state index in [1.165, 1.54) is 4.90 Å². The first-order chi connectivity index (χ1) is 9.85. The molecule has 0 saturated heterocycles. The van der Waals surface area contributed by atoms with Crippen LogP contribution in [0.2, 0.25) is 0 Å². The number of amides is 2. The standard InChI is InChI=1S/C14H18N2O5/c1-3-16(11-6-4-5-10(2)7-11)14(21)15(8-12(17)18)9-13(19)20/h4-7H,3,8-9H2,1-2H3,(H,17,18)(H,19,20). The second-order valence-corrected chi connectivity index (χ2v) is 4.51. The maximum atomic E-state index is 12.4. The number of urea groups is 1. The minimum absolute atomic E-state index is 0.304. The van der Waals surface area contributed by atoms with Crippen molar-refractivity contribution in [2.75, 3.05) is 24.5 Å². The normalized spacial score (nSPS) is 10.0. The highest BCUT2D eigenvalue weighted by molar-refractivity contribution is 5.95. The SMILES string of the molecule is CCN(C(=O)N(CC(=O)O)CC(=O)O)c1cccc(C)c1. The van der Waals surface area contributed by atoms with Gasteiger partial charge in [-0.05, 0) is 31.5 Å². The van der Waals surface area contributed by atoms with E-state index in [-0.39, 0.29) is 0 Å². The van der Waals surface area contributed by atoms with Gasteiger partial charge in [0.2, 0.25) is 0 Å². The van der Waals surface area contributed by atoms with Crippen LogP contribution >= 0.6 is 0 Å². The van der Waals surface area contributed by atoms with Gasteiger partial charge in [0.05, 0.1) is 0 Å². The summed E-state index contributed by atoms with van der Waals surface area (Å²) >= 11 is 0. The van der Waals surface area contributed by atoms with Crippen LogP contribution in [0.1, 0.15) is 12.5 Å². The van der Waals surface area contributed by atoms with Gasteiger partial charge < -0.3 is 15.1 Å². The quantitative estimate of drug-likeness (QED) is 0.826. The topological polar surface area (TPSA) is 98.2 Å². The number of hydrogen-bond acceptors (Lipinski definition) is 3. The lowest BCUT2D eigenvalue weighted by Crippen LogP contribution is -2.47.